The van der Waals surface area contributed by atoms with Crippen LogP contribution >= 0.6 is 0 Å². The van der Waals surface area contributed by atoms with Crippen molar-refractivity contribution in [3.8, 4) is 0 Å². The van der Waals surface area contributed by atoms with Gasteiger partial charge in [0, 0.05) is 31.0 Å². The third-order valence-corrected chi connectivity index (χ3v) is 3.49. The van der Waals surface area contributed by atoms with Crippen LogP contribution in [0.15, 0.2) is 5.11 Å². The van der Waals surface area contributed by atoms with Crippen LogP contribution in [0.5, 0.6) is 0 Å². The first kappa shape index (κ1) is 14.8. The molecule has 1 rings (SSSR count). The van der Waals surface area contributed by atoms with Crippen molar-refractivity contribution in [1.82, 2.24) is 9.80 Å². The molecule has 18 heavy (non-hydrogen) atoms. The van der Waals surface area contributed by atoms with Crippen molar-refractivity contribution in [2.75, 3.05) is 39.3 Å². The second-order valence-electron chi connectivity index (χ2n) is 4.70. The highest BCUT2D eigenvalue weighted by molar-refractivity contribution is 5.78. The molecule has 1 unspecified atom stereocenters. The van der Waals surface area contributed by atoms with Crippen LogP contribution in [0, 0.1) is 5.92 Å². The molecular weight excluding hydrogens is 230 g/mol. The number of rotatable bonds is 8. The molecule has 0 saturated carbocycles. The van der Waals surface area contributed by atoms with E-state index in [4.69, 9.17) is 5.53 Å². The Labute approximate surface area is 109 Å². The van der Waals surface area contributed by atoms with Crippen molar-refractivity contribution in [2.45, 2.75) is 26.7 Å². The zero-order valence-electron chi connectivity index (χ0n) is 11.4. The Bertz CT molecular complexity index is 310. The molecule has 1 fully saturated rings. The molecule has 0 N–H and O–H groups in total. The summed E-state index contributed by atoms with van der Waals surface area (Å²) in [5.41, 5.74) is 8.27. The number of carbonyl (C=O) groups excluding carboxylic acids is 1. The monoisotopic (exact) mass is 253 g/mol. The van der Waals surface area contributed by atoms with Crippen molar-refractivity contribution in [3.05, 3.63) is 10.4 Å². The largest absolute Gasteiger partial charge is 0.342 e. The Balaban J connectivity index is 2.26. The summed E-state index contributed by atoms with van der Waals surface area (Å²) >= 11 is 0. The molecule has 102 valence electrons. The van der Waals surface area contributed by atoms with Crippen molar-refractivity contribution < 1.29 is 4.79 Å². The third-order valence-electron chi connectivity index (χ3n) is 3.49. The predicted molar refractivity (Wildman–Crippen MR) is 71.1 cm³/mol. The van der Waals surface area contributed by atoms with Gasteiger partial charge in [0.1, 0.15) is 0 Å². The highest BCUT2D eigenvalue weighted by Crippen LogP contribution is 2.18. The SMILES string of the molecule is CCN(CC)CCCN1CC(CN=[N+]=[N-])CC1=O. The van der Waals surface area contributed by atoms with Gasteiger partial charge in [-0.15, -0.1) is 0 Å². The third kappa shape index (κ3) is 4.55. The van der Waals surface area contributed by atoms with E-state index in [0.717, 1.165) is 39.1 Å². The van der Waals surface area contributed by atoms with Gasteiger partial charge in [0.2, 0.25) is 5.91 Å². The molecular formula is C12H23N5O. The number of amides is 1. The normalized spacial score (nSPS) is 19.4. The summed E-state index contributed by atoms with van der Waals surface area (Å²) in [4.78, 5) is 18.7. The van der Waals surface area contributed by atoms with Gasteiger partial charge in [-0.3, -0.25) is 4.79 Å². The van der Waals surface area contributed by atoms with Gasteiger partial charge in [-0.05, 0) is 37.5 Å². The lowest BCUT2D eigenvalue weighted by molar-refractivity contribution is -0.127. The van der Waals surface area contributed by atoms with Gasteiger partial charge in [-0.1, -0.05) is 19.0 Å². The van der Waals surface area contributed by atoms with Crippen LogP contribution < -0.4 is 0 Å². The summed E-state index contributed by atoms with van der Waals surface area (Å²) in [5, 5.41) is 3.55. The van der Waals surface area contributed by atoms with Gasteiger partial charge >= 0.3 is 0 Å². The lowest BCUT2D eigenvalue weighted by atomic mass is 10.1. The summed E-state index contributed by atoms with van der Waals surface area (Å²) in [6.45, 7) is 9.47. The molecule has 1 aliphatic rings. The van der Waals surface area contributed by atoms with E-state index >= 15 is 0 Å². The summed E-state index contributed by atoms with van der Waals surface area (Å²) < 4.78 is 0. The Morgan fingerprint density at radius 1 is 1.50 bits per heavy atom. The van der Waals surface area contributed by atoms with Gasteiger partial charge in [-0.25, -0.2) is 0 Å². The van der Waals surface area contributed by atoms with E-state index < -0.39 is 0 Å². The number of hydrogen-bond donors (Lipinski definition) is 0. The Morgan fingerprint density at radius 3 is 2.83 bits per heavy atom. The molecule has 0 spiro atoms. The fourth-order valence-electron chi connectivity index (χ4n) is 2.37. The van der Waals surface area contributed by atoms with Crippen LogP contribution in [0.2, 0.25) is 0 Å². The topological polar surface area (TPSA) is 72.3 Å². The van der Waals surface area contributed by atoms with E-state index in [1.54, 1.807) is 0 Å². The smallest absolute Gasteiger partial charge is 0.222 e. The van der Waals surface area contributed by atoms with E-state index in [9.17, 15) is 4.79 Å². The van der Waals surface area contributed by atoms with Gasteiger partial charge in [-0.2, -0.15) is 0 Å². The molecule has 0 aliphatic carbocycles. The van der Waals surface area contributed by atoms with Crippen LogP contribution in [0.4, 0.5) is 0 Å². The average molecular weight is 253 g/mol. The summed E-state index contributed by atoms with van der Waals surface area (Å²) in [6.07, 6.45) is 1.55. The van der Waals surface area contributed by atoms with Crippen molar-refractivity contribution in [1.29, 1.82) is 0 Å². The maximum Gasteiger partial charge on any atom is 0.222 e. The standard InChI is InChI=1S/C12H23N5O/c1-3-16(4-2)6-5-7-17-10-11(8-12(17)18)9-14-15-13/h11H,3-10H2,1-2H3. The Kier molecular flexibility index (Phi) is 6.54. The van der Waals surface area contributed by atoms with Crippen molar-refractivity contribution in [3.63, 3.8) is 0 Å². The number of nitrogens with zero attached hydrogens (tertiary/aromatic N) is 5. The fraction of sp³-hybridized carbons (Fsp3) is 0.917. The molecule has 1 atom stereocenters. The molecule has 1 saturated heterocycles. The van der Waals surface area contributed by atoms with Crippen molar-refractivity contribution in [2.24, 2.45) is 11.0 Å². The van der Waals surface area contributed by atoms with E-state index in [1.807, 2.05) is 4.90 Å². The Hall–Kier alpha value is -1.26. The predicted octanol–water partition coefficient (Wildman–Crippen LogP) is 1.88. The molecule has 0 aromatic carbocycles. The number of hydrogen-bond acceptors (Lipinski definition) is 3. The minimum absolute atomic E-state index is 0.202. The second-order valence-corrected chi connectivity index (χ2v) is 4.70. The molecule has 0 aromatic rings. The van der Waals surface area contributed by atoms with E-state index in [1.165, 1.54) is 0 Å². The zero-order chi connectivity index (χ0) is 13.4. The van der Waals surface area contributed by atoms with Crippen LogP contribution in [0.3, 0.4) is 0 Å². The van der Waals surface area contributed by atoms with Gasteiger partial charge in [0.25, 0.3) is 0 Å². The van der Waals surface area contributed by atoms with Crippen LogP contribution in [-0.2, 0) is 4.79 Å². The lowest BCUT2D eigenvalue weighted by Gasteiger charge is -2.21. The first-order chi connectivity index (χ1) is 8.71. The zero-order valence-corrected chi connectivity index (χ0v) is 11.4. The highest BCUT2D eigenvalue weighted by Gasteiger charge is 2.28. The molecule has 0 radical (unpaired) electrons. The van der Waals surface area contributed by atoms with Crippen LogP contribution in [-0.4, -0.2) is 55.0 Å². The highest BCUT2D eigenvalue weighted by atomic mass is 16.2. The first-order valence-electron chi connectivity index (χ1n) is 6.72. The minimum atomic E-state index is 0.202. The molecule has 0 bridgehead atoms. The quantitative estimate of drug-likeness (QED) is 0.376. The minimum Gasteiger partial charge on any atom is -0.342 e. The molecule has 6 heteroatoms. The first-order valence-corrected chi connectivity index (χ1v) is 6.72. The van der Waals surface area contributed by atoms with Crippen molar-refractivity contribution >= 4 is 5.91 Å². The number of carbonyl (C=O) groups is 1. The number of likely N-dealkylation sites (tertiary alicyclic amines) is 1. The lowest BCUT2D eigenvalue weighted by Crippen LogP contribution is -2.31. The van der Waals surface area contributed by atoms with E-state index in [-0.39, 0.29) is 11.8 Å². The molecule has 1 aliphatic heterocycles. The second kappa shape index (κ2) is 7.95. The molecule has 0 aromatic heterocycles. The molecule has 6 nitrogen and oxygen atoms in total. The van der Waals surface area contributed by atoms with Crippen LogP contribution in [0.1, 0.15) is 26.7 Å². The maximum atomic E-state index is 11.7. The van der Waals surface area contributed by atoms with Gasteiger partial charge < -0.3 is 9.80 Å². The summed E-state index contributed by atoms with van der Waals surface area (Å²) in [5.74, 6) is 0.412. The van der Waals surface area contributed by atoms with Gasteiger partial charge in [0.15, 0.2) is 0 Å². The molecule has 1 amide bonds. The Morgan fingerprint density at radius 2 is 2.22 bits per heavy atom. The fourth-order valence-corrected chi connectivity index (χ4v) is 2.37. The maximum absolute atomic E-state index is 11.7. The average Bonchev–Trinajstić information content (AvgIpc) is 2.73. The molecule has 1 heterocycles. The summed E-state index contributed by atoms with van der Waals surface area (Å²) in [6, 6.07) is 0. The van der Waals surface area contributed by atoms with Crippen LogP contribution in [0.25, 0.3) is 10.4 Å². The number of azide groups is 1. The van der Waals surface area contributed by atoms with Gasteiger partial charge in [0.05, 0.1) is 0 Å². The van der Waals surface area contributed by atoms with E-state index in [0.29, 0.717) is 13.0 Å². The summed E-state index contributed by atoms with van der Waals surface area (Å²) in [7, 11) is 0. The van der Waals surface area contributed by atoms with E-state index in [2.05, 4.69) is 28.8 Å².